The molecule has 1 unspecified atom stereocenters. The Hall–Kier alpha value is -2.16. The van der Waals surface area contributed by atoms with Gasteiger partial charge in [-0.25, -0.2) is 0 Å². The first kappa shape index (κ1) is 23.0. The topological polar surface area (TPSA) is 86.6 Å². The summed E-state index contributed by atoms with van der Waals surface area (Å²) >= 11 is 3.60. The fourth-order valence-corrected chi connectivity index (χ4v) is 6.44. The van der Waals surface area contributed by atoms with E-state index in [-0.39, 0.29) is 21.5 Å². The molecule has 10 heteroatoms. The van der Waals surface area contributed by atoms with Gasteiger partial charge in [0.25, 0.3) is 5.91 Å². The zero-order valence-electron chi connectivity index (χ0n) is 16.6. The van der Waals surface area contributed by atoms with E-state index >= 15 is 0 Å². The summed E-state index contributed by atoms with van der Waals surface area (Å²) in [5.41, 5.74) is -3.15. The largest absolute Gasteiger partial charge is 0.400 e. The van der Waals surface area contributed by atoms with Gasteiger partial charge < -0.3 is 15.1 Å². The third kappa shape index (κ3) is 4.00. The highest BCUT2D eigenvalue weighted by Gasteiger charge is 2.53. The number of benzene rings is 3. The Morgan fingerprint density at radius 2 is 1.78 bits per heavy atom. The number of carbonyl (C=O) groups excluding carboxylic acids is 1. The number of thiophene rings is 1. The number of rotatable bonds is 5. The molecule has 1 amide bonds. The van der Waals surface area contributed by atoms with Gasteiger partial charge in [0.2, 0.25) is 0 Å². The molecule has 1 atom stereocenters. The standard InChI is InChI=1S/C22H17BrF2NO4PS/c1-12(15-8-4-6-13-5-2-3-7-16(13)15)26-21(27)14-9-10-18-17(11-14)19(23)20(32-18)22(24,25)31(28,29)30/h2-12H,1H3,(H,26,27)(H2,28,29,30). The van der Waals surface area contributed by atoms with Gasteiger partial charge in [-0.3, -0.25) is 9.36 Å². The van der Waals surface area contributed by atoms with E-state index < -0.39 is 24.0 Å². The summed E-state index contributed by atoms with van der Waals surface area (Å²) < 4.78 is 40.0. The Morgan fingerprint density at radius 1 is 1.09 bits per heavy atom. The third-order valence-corrected chi connectivity index (χ3v) is 8.60. The van der Waals surface area contributed by atoms with Crippen molar-refractivity contribution >= 4 is 61.6 Å². The van der Waals surface area contributed by atoms with E-state index in [0.717, 1.165) is 16.3 Å². The average Bonchev–Trinajstić information content (AvgIpc) is 3.09. The van der Waals surface area contributed by atoms with Crippen LogP contribution in [0.1, 0.15) is 33.8 Å². The number of hydrogen-bond acceptors (Lipinski definition) is 3. The second kappa shape index (κ2) is 8.32. The molecule has 0 fully saturated rings. The van der Waals surface area contributed by atoms with Gasteiger partial charge in [-0.05, 0) is 57.4 Å². The predicted octanol–water partition coefficient (Wildman–Crippen LogP) is 6.54. The Labute approximate surface area is 194 Å². The lowest BCUT2D eigenvalue weighted by molar-refractivity contribution is 0.0595. The van der Waals surface area contributed by atoms with Crippen LogP contribution in [0.25, 0.3) is 20.9 Å². The fraction of sp³-hybridized carbons (Fsp3) is 0.136. The van der Waals surface area contributed by atoms with Crippen LogP contribution < -0.4 is 5.32 Å². The van der Waals surface area contributed by atoms with Gasteiger partial charge in [0.1, 0.15) is 4.88 Å². The number of alkyl halides is 2. The van der Waals surface area contributed by atoms with Crippen LogP contribution in [0.3, 0.4) is 0 Å². The van der Waals surface area contributed by atoms with Crippen molar-refractivity contribution in [1.29, 1.82) is 0 Å². The molecule has 0 saturated heterocycles. The number of fused-ring (bicyclic) bond motifs is 2. The number of carbonyl (C=O) groups is 1. The molecule has 0 radical (unpaired) electrons. The van der Waals surface area contributed by atoms with Crippen molar-refractivity contribution < 1.29 is 27.9 Å². The lowest BCUT2D eigenvalue weighted by atomic mass is 9.99. The van der Waals surface area contributed by atoms with Gasteiger partial charge in [0.05, 0.1) is 6.04 Å². The molecule has 0 aliphatic rings. The lowest BCUT2D eigenvalue weighted by Gasteiger charge is -2.17. The van der Waals surface area contributed by atoms with Crippen LogP contribution in [0, 0.1) is 0 Å². The van der Waals surface area contributed by atoms with E-state index in [1.807, 2.05) is 49.4 Å². The molecule has 0 aliphatic carbocycles. The summed E-state index contributed by atoms with van der Waals surface area (Å²) in [5.74, 6) is -0.395. The summed E-state index contributed by atoms with van der Waals surface area (Å²) in [6.07, 6.45) is 0. The highest BCUT2D eigenvalue weighted by molar-refractivity contribution is 9.10. The molecule has 1 aromatic heterocycles. The molecule has 166 valence electrons. The molecule has 0 saturated carbocycles. The van der Waals surface area contributed by atoms with Crippen LogP contribution in [0.2, 0.25) is 0 Å². The van der Waals surface area contributed by atoms with Gasteiger partial charge >= 0.3 is 13.3 Å². The summed E-state index contributed by atoms with van der Waals surface area (Å²) in [6.45, 7) is 1.86. The van der Waals surface area contributed by atoms with Crippen LogP contribution >= 0.6 is 34.9 Å². The van der Waals surface area contributed by atoms with Crippen molar-refractivity contribution in [3.63, 3.8) is 0 Å². The van der Waals surface area contributed by atoms with Crippen molar-refractivity contribution in [1.82, 2.24) is 5.32 Å². The van der Waals surface area contributed by atoms with E-state index in [1.54, 1.807) is 0 Å². The minimum Gasteiger partial charge on any atom is -0.345 e. The smallest absolute Gasteiger partial charge is 0.345 e. The minimum absolute atomic E-state index is 0.137. The van der Waals surface area contributed by atoms with E-state index in [9.17, 15) is 18.1 Å². The maximum absolute atomic E-state index is 14.2. The molecule has 3 N–H and O–H groups in total. The Bertz CT molecular complexity index is 1400. The summed E-state index contributed by atoms with van der Waals surface area (Å²) in [4.78, 5) is 30.2. The highest BCUT2D eigenvalue weighted by Crippen LogP contribution is 2.62. The first-order valence-electron chi connectivity index (χ1n) is 9.45. The molecule has 0 aliphatic heterocycles. The van der Waals surface area contributed by atoms with E-state index in [2.05, 4.69) is 21.2 Å². The lowest BCUT2D eigenvalue weighted by Crippen LogP contribution is -2.26. The van der Waals surface area contributed by atoms with Crippen molar-refractivity contribution in [3.05, 3.63) is 81.1 Å². The SMILES string of the molecule is CC(NC(=O)c1ccc2sc(C(F)(F)P(=O)(O)O)c(Br)c2c1)c1cccc2ccccc12. The van der Waals surface area contributed by atoms with Crippen molar-refractivity contribution in [2.24, 2.45) is 0 Å². The van der Waals surface area contributed by atoms with Gasteiger partial charge in [-0.2, -0.15) is 8.78 Å². The predicted molar refractivity (Wildman–Crippen MR) is 125 cm³/mol. The molecule has 5 nitrogen and oxygen atoms in total. The Balaban J connectivity index is 1.66. The van der Waals surface area contributed by atoms with E-state index in [1.165, 1.54) is 18.2 Å². The zero-order chi connectivity index (χ0) is 23.3. The maximum atomic E-state index is 14.2. The minimum atomic E-state index is -5.71. The zero-order valence-corrected chi connectivity index (χ0v) is 19.8. The normalized spacial score (nSPS) is 13.4. The Morgan fingerprint density at radius 3 is 2.50 bits per heavy atom. The van der Waals surface area contributed by atoms with Crippen LogP contribution in [0.5, 0.6) is 0 Å². The quantitative estimate of drug-likeness (QED) is 0.251. The third-order valence-electron chi connectivity index (χ3n) is 5.17. The second-order valence-electron chi connectivity index (χ2n) is 7.30. The first-order valence-corrected chi connectivity index (χ1v) is 12.7. The molecule has 4 rings (SSSR count). The van der Waals surface area contributed by atoms with Crippen molar-refractivity contribution in [2.45, 2.75) is 18.6 Å². The average molecular weight is 540 g/mol. The first-order chi connectivity index (χ1) is 15.0. The van der Waals surface area contributed by atoms with E-state index in [0.29, 0.717) is 16.0 Å². The van der Waals surface area contributed by atoms with Crippen LogP contribution in [0.15, 0.2) is 65.1 Å². The van der Waals surface area contributed by atoms with Crippen LogP contribution in [0.4, 0.5) is 8.78 Å². The maximum Gasteiger partial charge on any atom is 0.400 e. The van der Waals surface area contributed by atoms with Gasteiger partial charge in [0.15, 0.2) is 0 Å². The van der Waals surface area contributed by atoms with Gasteiger partial charge in [0, 0.05) is 20.1 Å². The molecule has 4 aromatic rings. The molecule has 3 aromatic carbocycles. The summed E-state index contributed by atoms with van der Waals surface area (Å²) in [6, 6.07) is 17.8. The van der Waals surface area contributed by atoms with Crippen molar-refractivity contribution in [3.8, 4) is 0 Å². The molecular weight excluding hydrogens is 523 g/mol. The molecule has 0 spiro atoms. The molecular formula is C22H17BrF2NO4PS. The van der Waals surface area contributed by atoms with Crippen LogP contribution in [-0.2, 0) is 10.2 Å². The van der Waals surface area contributed by atoms with Crippen LogP contribution in [-0.4, -0.2) is 15.7 Å². The van der Waals surface area contributed by atoms with Crippen molar-refractivity contribution in [2.75, 3.05) is 0 Å². The number of halogens is 3. The fourth-order valence-electron chi connectivity index (χ4n) is 3.52. The summed E-state index contributed by atoms with van der Waals surface area (Å²) in [7, 11) is -5.71. The highest BCUT2D eigenvalue weighted by atomic mass is 79.9. The second-order valence-corrected chi connectivity index (χ2v) is 10.8. The van der Waals surface area contributed by atoms with Gasteiger partial charge in [-0.15, -0.1) is 11.3 Å². The van der Waals surface area contributed by atoms with E-state index in [4.69, 9.17) is 9.79 Å². The number of amides is 1. The summed E-state index contributed by atoms with van der Waals surface area (Å²) in [5, 5.41) is 5.27. The molecule has 0 bridgehead atoms. The molecule has 32 heavy (non-hydrogen) atoms. The number of nitrogens with one attached hydrogen (secondary N) is 1. The number of hydrogen-bond donors (Lipinski definition) is 3. The molecule has 1 heterocycles. The van der Waals surface area contributed by atoms with Gasteiger partial charge in [-0.1, -0.05) is 42.5 Å². The Kier molecular flexibility index (Phi) is 5.98. The monoisotopic (exact) mass is 539 g/mol.